The summed E-state index contributed by atoms with van der Waals surface area (Å²) in [5.41, 5.74) is 0. The molecule has 0 aromatic carbocycles. The average Bonchev–Trinajstić information content (AvgIpc) is 2.03. The van der Waals surface area contributed by atoms with Gasteiger partial charge in [-0.2, -0.15) is 0 Å². The third-order valence-electron chi connectivity index (χ3n) is 1.53. The van der Waals surface area contributed by atoms with Gasteiger partial charge in [0.15, 0.2) is 0 Å². The molecule has 1 heterocycles. The van der Waals surface area contributed by atoms with E-state index in [0.29, 0.717) is 13.2 Å². The minimum absolute atomic E-state index is 0. The Labute approximate surface area is 84.4 Å². The Hall–Kier alpha value is -0.0300. The van der Waals surface area contributed by atoms with E-state index in [2.05, 4.69) is 15.0 Å². The van der Waals surface area contributed by atoms with Gasteiger partial charge in [-0.3, -0.25) is 9.69 Å². The smallest absolute Gasteiger partial charge is 0.294 e. The number of carbonyl (C=O) groups is 1. The molecule has 1 aliphatic heterocycles. The van der Waals surface area contributed by atoms with E-state index in [1.165, 1.54) is 0 Å². The maximum atomic E-state index is 9.78. The maximum Gasteiger partial charge on any atom is 0.294 e. The lowest BCUT2D eigenvalue weighted by molar-refractivity contribution is -0.133. The molecule has 0 amide bonds. The van der Waals surface area contributed by atoms with E-state index in [-0.39, 0.29) is 24.8 Å². The van der Waals surface area contributed by atoms with E-state index in [4.69, 9.17) is 0 Å². The Bertz CT molecular complexity index is 110. The van der Waals surface area contributed by atoms with Gasteiger partial charge in [0.25, 0.3) is 6.47 Å². The first-order valence-electron chi connectivity index (χ1n) is 3.42. The van der Waals surface area contributed by atoms with Crippen LogP contribution >= 0.6 is 24.8 Å². The highest BCUT2D eigenvalue weighted by atomic mass is 35.5. The summed E-state index contributed by atoms with van der Waals surface area (Å²) in [4.78, 5) is 11.9. The number of piperazine rings is 1. The predicted molar refractivity (Wildman–Crippen MR) is 51.0 cm³/mol. The van der Waals surface area contributed by atoms with E-state index >= 15 is 0 Å². The Kier molecular flexibility index (Phi) is 10.9. The summed E-state index contributed by atoms with van der Waals surface area (Å²) in [5.74, 6) is 0. The van der Waals surface area contributed by atoms with Crippen LogP contribution in [0.15, 0.2) is 0 Å². The van der Waals surface area contributed by atoms with E-state index in [0.717, 1.165) is 26.2 Å². The van der Waals surface area contributed by atoms with E-state index in [1.54, 1.807) is 0 Å². The first-order chi connectivity index (χ1) is 4.93. The van der Waals surface area contributed by atoms with Crippen LogP contribution in [0.3, 0.4) is 0 Å². The number of carbonyl (C=O) groups excluding carboxylic acids is 1. The van der Waals surface area contributed by atoms with Crippen LogP contribution in [0.1, 0.15) is 0 Å². The molecule has 1 rings (SSSR count). The Balaban J connectivity index is 0. The van der Waals surface area contributed by atoms with Crippen LogP contribution in [0.2, 0.25) is 0 Å². The Morgan fingerprint density at radius 1 is 1.33 bits per heavy atom. The number of halogens is 2. The Morgan fingerprint density at radius 3 is 2.42 bits per heavy atom. The second-order valence-corrected chi connectivity index (χ2v) is 2.26. The lowest BCUT2D eigenvalue weighted by Gasteiger charge is -2.25. The zero-order valence-corrected chi connectivity index (χ0v) is 8.33. The summed E-state index contributed by atoms with van der Waals surface area (Å²) in [6.45, 7) is 4.83. The van der Waals surface area contributed by atoms with Gasteiger partial charge in [0.05, 0.1) is 0 Å². The maximum absolute atomic E-state index is 9.78. The van der Waals surface area contributed by atoms with Gasteiger partial charge < -0.3 is 10.1 Å². The van der Waals surface area contributed by atoms with Crippen molar-refractivity contribution in [1.82, 2.24) is 10.2 Å². The highest BCUT2D eigenvalue weighted by molar-refractivity contribution is 5.85. The molecule has 1 fully saturated rings. The zero-order chi connectivity index (χ0) is 7.23. The molecular weight excluding hydrogens is 203 g/mol. The van der Waals surface area contributed by atoms with Crippen molar-refractivity contribution >= 4 is 31.3 Å². The SMILES string of the molecule is Cl.Cl.O=COCN1CCNCC1. The quantitative estimate of drug-likeness (QED) is 0.668. The molecule has 1 saturated heterocycles. The summed E-state index contributed by atoms with van der Waals surface area (Å²) in [7, 11) is 0. The lowest BCUT2D eigenvalue weighted by Crippen LogP contribution is -2.44. The fourth-order valence-electron chi connectivity index (χ4n) is 0.976. The molecule has 0 aliphatic carbocycles. The van der Waals surface area contributed by atoms with Crippen molar-refractivity contribution < 1.29 is 9.53 Å². The number of hydrogen-bond acceptors (Lipinski definition) is 4. The number of hydrogen-bond donors (Lipinski definition) is 1. The van der Waals surface area contributed by atoms with Crippen molar-refractivity contribution in [3.63, 3.8) is 0 Å². The fourth-order valence-corrected chi connectivity index (χ4v) is 0.976. The van der Waals surface area contributed by atoms with Crippen molar-refractivity contribution in [1.29, 1.82) is 0 Å². The first kappa shape index (κ1) is 14.5. The second kappa shape index (κ2) is 9.06. The highest BCUT2D eigenvalue weighted by Gasteiger charge is 2.07. The molecule has 0 spiro atoms. The largest absolute Gasteiger partial charge is 0.452 e. The summed E-state index contributed by atoms with van der Waals surface area (Å²) in [6.07, 6.45) is 0. The molecule has 6 heteroatoms. The fraction of sp³-hybridized carbons (Fsp3) is 0.833. The number of nitrogens with zero attached hydrogens (tertiary/aromatic N) is 1. The van der Waals surface area contributed by atoms with Gasteiger partial charge in [0, 0.05) is 26.2 Å². The van der Waals surface area contributed by atoms with Gasteiger partial charge in [-0.25, -0.2) is 0 Å². The van der Waals surface area contributed by atoms with Crippen molar-refractivity contribution in [3.05, 3.63) is 0 Å². The summed E-state index contributed by atoms with van der Waals surface area (Å²) in [6, 6.07) is 0. The predicted octanol–water partition coefficient (Wildman–Crippen LogP) is -0.134. The van der Waals surface area contributed by atoms with Gasteiger partial charge in [0.1, 0.15) is 6.73 Å². The molecule has 0 aromatic rings. The van der Waals surface area contributed by atoms with Crippen molar-refractivity contribution in [2.24, 2.45) is 0 Å². The van der Waals surface area contributed by atoms with Gasteiger partial charge in [0.2, 0.25) is 0 Å². The van der Waals surface area contributed by atoms with Gasteiger partial charge in [-0.05, 0) is 0 Å². The molecule has 0 bridgehead atoms. The zero-order valence-electron chi connectivity index (χ0n) is 6.69. The van der Waals surface area contributed by atoms with Crippen molar-refractivity contribution in [2.45, 2.75) is 0 Å². The highest BCUT2D eigenvalue weighted by Crippen LogP contribution is 1.90. The standard InChI is InChI=1S/C6H12N2O2.2ClH/c9-6-10-5-8-3-1-7-2-4-8;;/h6-7H,1-5H2;2*1H. The normalized spacial score (nSPS) is 17.0. The molecular formula is C6H14Cl2N2O2. The minimum atomic E-state index is 0. The molecule has 1 aliphatic rings. The van der Waals surface area contributed by atoms with Gasteiger partial charge in [-0.15, -0.1) is 24.8 Å². The third-order valence-corrected chi connectivity index (χ3v) is 1.53. The molecule has 12 heavy (non-hydrogen) atoms. The third kappa shape index (κ3) is 5.60. The molecule has 0 radical (unpaired) electrons. The van der Waals surface area contributed by atoms with E-state index in [9.17, 15) is 4.79 Å². The lowest BCUT2D eigenvalue weighted by atomic mass is 10.4. The second-order valence-electron chi connectivity index (χ2n) is 2.26. The molecule has 0 unspecified atom stereocenters. The number of nitrogens with one attached hydrogen (secondary N) is 1. The van der Waals surface area contributed by atoms with Gasteiger partial charge >= 0.3 is 0 Å². The van der Waals surface area contributed by atoms with Crippen molar-refractivity contribution in [3.8, 4) is 0 Å². The first-order valence-corrected chi connectivity index (χ1v) is 3.42. The van der Waals surface area contributed by atoms with E-state index in [1.807, 2.05) is 0 Å². The van der Waals surface area contributed by atoms with Crippen molar-refractivity contribution in [2.75, 3.05) is 32.9 Å². The van der Waals surface area contributed by atoms with Crippen LogP contribution < -0.4 is 5.32 Å². The minimum Gasteiger partial charge on any atom is -0.452 e. The molecule has 4 nitrogen and oxygen atoms in total. The summed E-state index contributed by atoms with van der Waals surface area (Å²) >= 11 is 0. The van der Waals surface area contributed by atoms with Crippen LogP contribution in [-0.4, -0.2) is 44.3 Å². The molecule has 0 saturated carbocycles. The summed E-state index contributed by atoms with van der Waals surface area (Å²) in [5, 5.41) is 3.21. The topological polar surface area (TPSA) is 41.6 Å². The monoisotopic (exact) mass is 216 g/mol. The number of ether oxygens (including phenoxy) is 1. The van der Waals surface area contributed by atoms with Crippen LogP contribution in [0, 0.1) is 0 Å². The molecule has 74 valence electrons. The van der Waals surface area contributed by atoms with Crippen LogP contribution in [0.4, 0.5) is 0 Å². The van der Waals surface area contributed by atoms with Crippen LogP contribution in [0.25, 0.3) is 0 Å². The molecule has 0 atom stereocenters. The number of rotatable bonds is 3. The van der Waals surface area contributed by atoms with Crippen LogP contribution in [0.5, 0.6) is 0 Å². The average molecular weight is 217 g/mol. The van der Waals surface area contributed by atoms with E-state index < -0.39 is 0 Å². The molecule has 0 aromatic heterocycles. The van der Waals surface area contributed by atoms with Crippen LogP contribution in [-0.2, 0) is 9.53 Å². The Morgan fingerprint density at radius 2 is 1.92 bits per heavy atom. The summed E-state index contributed by atoms with van der Waals surface area (Å²) < 4.78 is 4.59. The van der Waals surface area contributed by atoms with Gasteiger partial charge in [-0.1, -0.05) is 0 Å². The molecule has 1 N–H and O–H groups in total.